The molecular formula is C21H19N3O2. The molecule has 0 aliphatic heterocycles. The van der Waals surface area contributed by atoms with Gasteiger partial charge in [-0.05, 0) is 49.1 Å². The second-order valence-corrected chi connectivity index (χ2v) is 6.66. The molecule has 1 fully saturated rings. The lowest BCUT2D eigenvalue weighted by atomic mass is 10.1. The summed E-state index contributed by atoms with van der Waals surface area (Å²) in [4.78, 5) is 31.1. The molecule has 1 aliphatic rings. The molecule has 1 heterocycles. The molecule has 1 amide bonds. The zero-order chi connectivity index (χ0) is 18.1. The molecule has 0 spiro atoms. The Kier molecular flexibility index (Phi) is 4.13. The molecule has 0 unspecified atom stereocenters. The first-order valence-electron chi connectivity index (χ1n) is 8.64. The summed E-state index contributed by atoms with van der Waals surface area (Å²) >= 11 is 0. The molecule has 0 bridgehead atoms. The fourth-order valence-electron chi connectivity index (χ4n) is 3.22. The van der Waals surface area contributed by atoms with E-state index in [-0.39, 0.29) is 17.4 Å². The van der Waals surface area contributed by atoms with Gasteiger partial charge < -0.3 is 10.3 Å². The van der Waals surface area contributed by atoms with Crippen LogP contribution < -0.4 is 10.9 Å². The van der Waals surface area contributed by atoms with Gasteiger partial charge in [0.25, 0.3) is 5.56 Å². The standard InChI is InChI=1S/C21H19N3O2/c1-13-11-19(25)24-20(22-13)15-7-9-16(10-8-15)23-21(26)18-12-17(18)14-5-3-2-4-6-14/h2-11,17-18H,12H2,1H3,(H,23,26)(H,22,24,25)/t17-,18+/m0/s1. The van der Waals surface area contributed by atoms with Crippen molar-refractivity contribution in [3.63, 3.8) is 0 Å². The summed E-state index contributed by atoms with van der Waals surface area (Å²) in [6.07, 6.45) is 0.891. The third-order valence-corrected chi connectivity index (χ3v) is 4.65. The molecule has 0 radical (unpaired) electrons. The second-order valence-electron chi connectivity index (χ2n) is 6.66. The van der Waals surface area contributed by atoms with Crippen LogP contribution in [0.25, 0.3) is 11.4 Å². The number of nitrogens with one attached hydrogen (secondary N) is 2. The highest BCUT2D eigenvalue weighted by Crippen LogP contribution is 2.47. The summed E-state index contributed by atoms with van der Waals surface area (Å²) < 4.78 is 0. The van der Waals surface area contributed by atoms with E-state index in [0.717, 1.165) is 17.7 Å². The van der Waals surface area contributed by atoms with Crippen LogP contribution in [0.3, 0.4) is 0 Å². The normalized spacial score (nSPS) is 18.3. The van der Waals surface area contributed by atoms with E-state index in [1.807, 2.05) is 42.5 Å². The lowest BCUT2D eigenvalue weighted by Crippen LogP contribution is -2.14. The average molecular weight is 345 g/mol. The maximum atomic E-state index is 12.4. The number of hydrogen-bond acceptors (Lipinski definition) is 3. The van der Waals surface area contributed by atoms with Crippen LogP contribution in [0.2, 0.25) is 0 Å². The Bertz CT molecular complexity index is 994. The molecular weight excluding hydrogens is 326 g/mol. The first kappa shape index (κ1) is 16.3. The van der Waals surface area contributed by atoms with Crippen molar-refractivity contribution in [2.45, 2.75) is 19.3 Å². The topological polar surface area (TPSA) is 74.8 Å². The molecule has 5 heteroatoms. The number of anilines is 1. The van der Waals surface area contributed by atoms with E-state index in [1.165, 1.54) is 11.6 Å². The number of amides is 1. The van der Waals surface area contributed by atoms with Gasteiger partial charge in [-0.2, -0.15) is 0 Å². The molecule has 2 atom stereocenters. The first-order valence-corrected chi connectivity index (χ1v) is 8.64. The number of carbonyl (C=O) groups is 1. The van der Waals surface area contributed by atoms with E-state index < -0.39 is 0 Å². The van der Waals surface area contributed by atoms with Crippen LogP contribution in [0.5, 0.6) is 0 Å². The summed E-state index contributed by atoms with van der Waals surface area (Å²) in [7, 11) is 0. The SMILES string of the molecule is Cc1cc(=O)[nH]c(-c2ccc(NC(=O)[C@@H]3C[C@H]3c3ccccc3)cc2)n1. The predicted octanol–water partition coefficient (Wildman–Crippen LogP) is 3.49. The van der Waals surface area contributed by atoms with Crippen molar-refractivity contribution in [1.82, 2.24) is 9.97 Å². The fraction of sp³-hybridized carbons (Fsp3) is 0.190. The number of hydrogen-bond donors (Lipinski definition) is 2. The molecule has 4 rings (SSSR count). The van der Waals surface area contributed by atoms with Crippen LogP contribution in [-0.4, -0.2) is 15.9 Å². The van der Waals surface area contributed by atoms with Gasteiger partial charge in [-0.1, -0.05) is 30.3 Å². The van der Waals surface area contributed by atoms with Gasteiger partial charge in [0, 0.05) is 28.9 Å². The number of H-pyrrole nitrogens is 1. The Morgan fingerprint density at radius 2 is 1.85 bits per heavy atom. The summed E-state index contributed by atoms with van der Waals surface area (Å²) in [5.74, 6) is 0.928. The highest BCUT2D eigenvalue weighted by Gasteiger charge is 2.43. The minimum Gasteiger partial charge on any atom is -0.326 e. The van der Waals surface area contributed by atoms with Crippen molar-refractivity contribution >= 4 is 11.6 Å². The number of carbonyl (C=O) groups excluding carboxylic acids is 1. The Labute approximate surface area is 151 Å². The zero-order valence-corrected chi connectivity index (χ0v) is 14.4. The highest BCUT2D eigenvalue weighted by molar-refractivity contribution is 5.95. The average Bonchev–Trinajstić information content (AvgIpc) is 3.43. The van der Waals surface area contributed by atoms with Crippen LogP contribution in [-0.2, 0) is 4.79 Å². The van der Waals surface area contributed by atoms with E-state index >= 15 is 0 Å². The van der Waals surface area contributed by atoms with Crippen molar-refractivity contribution in [1.29, 1.82) is 0 Å². The second kappa shape index (κ2) is 6.59. The van der Waals surface area contributed by atoms with E-state index in [4.69, 9.17) is 0 Å². The maximum absolute atomic E-state index is 12.4. The number of aromatic amines is 1. The molecule has 26 heavy (non-hydrogen) atoms. The molecule has 1 aliphatic carbocycles. The van der Waals surface area contributed by atoms with Crippen LogP contribution in [0.4, 0.5) is 5.69 Å². The lowest BCUT2D eigenvalue weighted by Gasteiger charge is -2.07. The van der Waals surface area contributed by atoms with Crippen molar-refractivity contribution in [3.05, 3.63) is 82.3 Å². The van der Waals surface area contributed by atoms with Gasteiger partial charge in [0.05, 0.1) is 0 Å². The number of aryl methyl sites for hydroxylation is 1. The van der Waals surface area contributed by atoms with E-state index in [2.05, 4.69) is 27.4 Å². The van der Waals surface area contributed by atoms with Gasteiger partial charge in [-0.25, -0.2) is 4.98 Å². The maximum Gasteiger partial charge on any atom is 0.251 e. The van der Waals surface area contributed by atoms with E-state index in [1.54, 1.807) is 6.92 Å². The van der Waals surface area contributed by atoms with Crippen LogP contribution >= 0.6 is 0 Å². The number of rotatable bonds is 4. The molecule has 0 saturated heterocycles. The highest BCUT2D eigenvalue weighted by atomic mass is 16.2. The smallest absolute Gasteiger partial charge is 0.251 e. The summed E-state index contributed by atoms with van der Waals surface area (Å²) in [5.41, 5.74) is 3.26. The van der Waals surface area contributed by atoms with Crippen molar-refractivity contribution in [3.8, 4) is 11.4 Å². The Balaban J connectivity index is 1.43. The van der Waals surface area contributed by atoms with Crippen LogP contribution in [0.1, 0.15) is 23.6 Å². The largest absolute Gasteiger partial charge is 0.326 e. The summed E-state index contributed by atoms with van der Waals surface area (Å²) in [6, 6.07) is 18.9. The number of nitrogens with zero attached hydrogens (tertiary/aromatic N) is 1. The third-order valence-electron chi connectivity index (χ3n) is 4.65. The minimum absolute atomic E-state index is 0.0341. The summed E-state index contributed by atoms with van der Waals surface area (Å²) in [6.45, 7) is 1.78. The van der Waals surface area contributed by atoms with E-state index in [0.29, 0.717) is 17.4 Å². The molecule has 2 N–H and O–H groups in total. The molecule has 3 aromatic rings. The number of benzene rings is 2. The predicted molar refractivity (Wildman–Crippen MR) is 101 cm³/mol. The fourth-order valence-corrected chi connectivity index (χ4v) is 3.22. The van der Waals surface area contributed by atoms with Crippen molar-refractivity contribution in [2.24, 2.45) is 5.92 Å². The van der Waals surface area contributed by atoms with Gasteiger partial charge in [0.1, 0.15) is 5.82 Å². The zero-order valence-electron chi connectivity index (χ0n) is 14.4. The molecule has 1 saturated carbocycles. The Morgan fingerprint density at radius 1 is 1.12 bits per heavy atom. The third kappa shape index (κ3) is 3.42. The minimum atomic E-state index is -0.175. The lowest BCUT2D eigenvalue weighted by molar-refractivity contribution is -0.117. The van der Waals surface area contributed by atoms with Gasteiger partial charge in [-0.15, -0.1) is 0 Å². The molecule has 1 aromatic heterocycles. The first-order chi connectivity index (χ1) is 12.6. The quantitative estimate of drug-likeness (QED) is 0.760. The molecule has 5 nitrogen and oxygen atoms in total. The van der Waals surface area contributed by atoms with Gasteiger partial charge >= 0.3 is 0 Å². The van der Waals surface area contributed by atoms with Gasteiger partial charge in [0.15, 0.2) is 0 Å². The van der Waals surface area contributed by atoms with Crippen molar-refractivity contribution < 1.29 is 4.79 Å². The molecule has 130 valence electrons. The Hall–Kier alpha value is -3.21. The monoisotopic (exact) mass is 345 g/mol. The Morgan fingerprint density at radius 3 is 2.54 bits per heavy atom. The summed E-state index contributed by atoms with van der Waals surface area (Å²) in [5, 5.41) is 2.97. The molecule has 2 aromatic carbocycles. The van der Waals surface area contributed by atoms with Crippen LogP contribution in [0, 0.1) is 12.8 Å². The van der Waals surface area contributed by atoms with Crippen molar-refractivity contribution in [2.75, 3.05) is 5.32 Å². The van der Waals surface area contributed by atoms with Crippen LogP contribution in [0.15, 0.2) is 65.5 Å². The van der Waals surface area contributed by atoms with Gasteiger partial charge in [0.2, 0.25) is 5.91 Å². The number of aromatic nitrogens is 2. The van der Waals surface area contributed by atoms with Gasteiger partial charge in [-0.3, -0.25) is 9.59 Å². The van der Waals surface area contributed by atoms with E-state index in [9.17, 15) is 9.59 Å².